The highest BCUT2D eigenvalue weighted by molar-refractivity contribution is 14.1. The van der Waals surface area contributed by atoms with Crippen LogP contribution < -0.4 is 10.9 Å². The molecular formula is C13H22IN3O. The predicted molar refractivity (Wildman–Crippen MR) is 83.0 cm³/mol. The van der Waals surface area contributed by atoms with E-state index >= 15 is 0 Å². The second-order valence-electron chi connectivity index (χ2n) is 4.42. The molecule has 0 aromatic carbocycles. The Morgan fingerprint density at radius 2 is 2.11 bits per heavy atom. The summed E-state index contributed by atoms with van der Waals surface area (Å²) in [6.07, 6.45) is 6.70. The molecule has 0 amide bonds. The quantitative estimate of drug-likeness (QED) is 0.570. The molecule has 1 rings (SSSR count). The van der Waals surface area contributed by atoms with Crippen LogP contribution in [0.25, 0.3) is 0 Å². The third kappa shape index (κ3) is 5.06. The van der Waals surface area contributed by atoms with Crippen molar-refractivity contribution in [3.05, 3.63) is 25.9 Å². The molecule has 0 aliphatic carbocycles. The van der Waals surface area contributed by atoms with E-state index in [-0.39, 0.29) is 5.56 Å². The zero-order chi connectivity index (χ0) is 13.4. The second kappa shape index (κ2) is 8.63. The van der Waals surface area contributed by atoms with Crippen molar-refractivity contribution in [1.82, 2.24) is 14.9 Å². The Morgan fingerprint density at radius 3 is 2.83 bits per heavy atom. The first-order valence-electron chi connectivity index (χ1n) is 6.59. The molecular weight excluding hydrogens is 341 g/mol. The molecule has 0 radical (unpaired) electrons. The van der Waals surface area contributed by atoms with E-state index in [1.807, 2.05) is 29.5 Å². The van der Waals surface area contributed by atoms with E-state index in [9.17, 15) is 4.79 Å². The average molecular weight is 363 g/mol. The minimum Gasteiger partial charge on any atom is -0.315 e. The highest BCUT2D eigenvalue weighted by atomic mass is 127. The van der Waals surface area contributed by atoms with Crippen molar-refractivity contribution in [2.24, 2.45) is 0 Å². The van der Waals surface area contributed by atoms with Crippen LogP contribution in [0.4, 0.5) is 0 Å². The predicted octanol–water partition coefficient (Wildman–Crippen LogP) is 2.33. The van der Waals surface area contributed by atoms with E-state index in [4.69, 9.17) is 0 Å². The fraction of sp³-hybridized carbons (Fsp3) is 0.692. The molecule has 0 atom stereocenters. The Morgan fingerprint density at radius 1 is 1.33 bits per heavy atom. The van der Waals surface area contributed by atoms with Gasteiger partial charge in [0.1, 0.15) is 5.82 Å². The SMILES string of the molecule is CCCCCCNCCn1c(C)ncc(I)c1=O. The topological polar surface area (TPSA) is 46.9 Å². The van der Waals surface area contributed by atoms with E-state index in [1.54, 1.807) is 10.8 Å². The molecule has 1 heterocycles. The monoisotopic (exact) mass is 363 g/mol. The average Bonchev–Trinajstić information content (AvgIpc) is 2.36. The lowest BCUT2D eigenvalue weighted by Crippen LogP contribution is -2.30. The van der Waals surface area contributed by atoms with Crippen LogP contribution in [0, 0.1) is 10.5 Å². The Balaban J connectivity index is 2.32. The lowest BCUT2D eigenvalue weighted by atomic mass is 10.2. The van der Waals surface area contributed by atoms with Gasteiger partial charge < -0.3 is 5.32 Å². The number of aryl methyl sites for hydroxylation is 1. The minimum absolute atomic E-state index is 0.0656. The molecule has 4 nitrogen and oxygen atoms in total. The van der Waals surface area contributed by atoms with E-state index < -0.39 is 0 Å². The van der Waals surface area contributed by atoms with Gasteiger partial charge in [-0.1, -0.05) is 26.2 Å². The number of hydrogen-bond donors (Lipinski definition) is 1. The Bertz CT molecular complexity index is 417. The fourth-order valence-corrected chi connectivity index (χ4v) is 2.24. The summed E-state index contributed by atoms with van der Waals surface area (Å²) < 4.78 is 2.42. The Hall–Kier alpha value is -0.430. The summed E-state index contributed by atoms with van der Waals surface area (Å²) in [7, 11) is 0. The molecule has 5 heteroatoms. The summed E-state index contributed by atoms with van der Waals surface area (Å²) >= 11 is 2.03. The Kier molecular flexibility index (Phi) is 7.50. The fourth-order valence-electron chi connectivity index (χ4n) is 1.81. The van der Waals surface area contributed by atoms with Gasteiger partial charge in [0, 0.05) is 19.3 Å². The summed E-state index contributed by atoms with van der Waals surface area (Å²) in [5.41, 5.74) is 0.0656. The molecule has 0 aliphatic heterocycles. The highest BCUT2D eigenvalue weighted by Gasteiger charge is 2.04. The maximum absolute atomic E-state index is 11.9. The van der Waals surface area contributed by atoms with Gasteiger partial charge >= 0.3 is 0 Å². The molecule has 102 valence electrons. The van der Waals surface area contributed by atoms with Crippen LogP contribution in [-0.4, -0.2) is 22.6 Å². The molecule has 1 aromatic heterocycles. The molecule has 1 N–H and O–H groups in total. The van der Waals surface area contributed by atoms with Crippen molar-refractivity contribution in [2.45, 2.75) is 46.1 Å². The third-order valence-corrected chi connectivity index (χ3v) is 3.66. The number of nitrogens with one attached hydrogen (secondary N) is 1. The van der Waals surface area contributed by atoms with Gasteiger partial charge in [-0.05, 0) is 42.5 Å². The molecule has 1 aromatic rings. The van der Waals surface area contributed by atoms with Gasteiger partial charge in [0.25, 0.3) is 5.56 Å². The van der Waals surface area contributed by atoms with Crippen molar-refractivity contribution in [1.29, 1.82) is 0 Å². The van der Waals surface area contributed by atoms with Gasteiger partial charge in [-0.15, -0.1) is 0 Å². The van der Waals surface area contributed by atoms with Crippen molar-refractivity contribution in [3.8, 4) is 0 Å². The van der Waals surface area contributed by atoms with E-state index in [0.717, 1.165) is 18.9 Å². The van der Waals surface area contributed by atoms with Crippen LogP contribution in [0.1, 0.15) is 38.4 Å². The molecule has 0 saturated heterocycles. The van der Waals surface area contributed by atoms with E-state index in [1.165, 1.54) is 25.7 Å². The van der Waals surface area contributed by atoms with Gasteiger partial charge in [0.2, 0.25) is 0 Å². The first-order chi connectivity index (χ1) is 8.66. The van der Waals surface area contributed by atoms with Gasteiger partial charge in [0.05, 0.1) is 3.57 Å². The zero-order valence-corrected chi connectivity index (χ0v) is 13.4. The highest BCUT2D eigenvalue weighted by Crippen LogP contribution is 1.98. The Labute approximate surface area is 122 Å². The standard InChI is InChI=1S/C13H22IN3O/c1-3-4-5-6-7-15-8-9-17-11(2)16-10-12(14)13(17)18/h10,15H,3-9H2,1-2H3. The van der Waals surface area contributed by atoms with Crippen molar-refractivity contribution in [3.63, 3.8) is 0 Å². The van der Waals surface area contributed by atoms with Gasteiger partial charge in [-0.3, -0.25) is 9.36 Å². The summed E-state index contributed by atoms with van der Waals surface area (Å²) in [5.74, 6) is 0.785. The summed E-state index contributed by atoms with van der Waals surface area (Å²) in [4.78, 5) is 16.1. The van der Waals surface area contributed by atoms with E-state index in [2.05, 4.69) is 17.2 Å². The molecule has 18 heavy (non-hydrogen) atoms. The van der Waals surface area contributed by atoms with Gasteiger partial charge in [-0.25, -0.2) is 4.98 Å². The van der Waals surface area contributed by atoms with Gasteiger partial charge in [0.15, 0.2) is 0 Å². The van der Waals surface area contributed by atoms with Crippen LogP contribution in [0.15, 0.2) is 11.0 Å². The van der Waals surface area contributed by atoms with Crippen LogP contribution in [0.3, 0.4) is 0 Å². The molecule has 0 aliphatic rings. The lowest BCUT2D eigenvalue weighted by Gasteiger charge is -2.10. The first kappa shape index (κ1) is 15.6. The number of rotatable bonds is 8. The number of unbranched alkanes of at least 4 members (excludes halogenated alkanes) is 3. The summed E-state index contributed by atoms with van der Waals surface area (Å²) in [5, 5.41) is 3.38. The van der Waals surface area contributed by atoms with Crippen LogP contribution in [0.2, 0.25) is 0 Å². The van der Waals surface area contributed by atoms with Crippen LogP contribution in [-0.2, 0) is 6.54 Å². The van der Waals surface area contributed by atoms with Crippen molar-refractivity contribution >= 4 is 22.6 Å². The molecule has 0 fully saturated rings. The number of aromatic nitrogens is 2. The van der Waals surface area contributed by atoms with Gasteiger partial charge in [-0.2, -0.15) is 0 Å². The van der Waals surface area contributed by atoms with Crippen molar-refractivity contribution < 1.29 is 0 Å². The molecule has 0 unspecified atom stereocenters. The maximum Gasteiger partial charge on any atom is 0.266 e. The van der Waals surface area contributed by atoms with Crippen LogP contribution >= 0.6 is 22.6 Å². The molecule has 0 bridgehead atoms. The van der Waals surface area contributed by atoms with Crippen LogP contribution in [0.5, 0.6) is 0 Å². The maximum atomic E-state index is 11.9. The molecule has 0 spiro atoms. The number of halogens is 1. The minimum atomic E-state index is 0.0656. The first-order valence-corrected chi connectivity index (χ1v) is 7.67. The number of nitrogens with zero attached hydrogens (tertiary/aromatic N) is 2. The number of hydrogen-bond acceptors (Lipinski definition) is 3. The second-order valence-corrected chi connectivity index (χ2v) is 5.58. The molecule has 0 saturated carbocycles. The summed E-state index contributed by atoms with van der Waals surface area (Å²) in [6.45, 7) is 6.65. The van der Waals surface area contributed by atoms with E-state index in [0.29, 0.717) is 10.1 Å². The zero-order valence-electron chi connectivity index (χ0n) is 11.2. The normalized spacial score (nSPS) is 10.8. The largest absolute Gasteiger partial charge is 0.315 e. The third-order valence-electron chi connectivity index (χ3n) is 2.92. The van der Waals surface area contributed by atoms with Crippen molar-refractivity contribution in [2.75, 3.05) is 13.1 Å². The summed E-state index contributed by atoms with van der Waals surface area (Å²) in [6, 6.07) is 0. The smallest absolute Gasteiger partial charge is 0.266 e. The lowest BCUT2D eigenvalue weighted by molar-refractivity contribution is 0.541.